The fourth-order valence-corrected chi connectivity index (χ4v) is 6.27. The molecule has 1 fully saturated rings. The van der Waals surface area contributed by atoms with Gasteiger partial charge in [-0.3, -0.25) is 9.69 Å². The maximum atomic E-state index is 13.1. The largest absolute Gasteiger partial charge is 0.382 e. The van der Waals surface area contributed by atoms with Crippen molar-refractivity contribution in [3.05, 3.63) is 40.2 Å². The number of rotatable bonds is 2. The molecule has 11 heteroatoms. The number of hydrogen-bond acceptors (Lipinski definition) is 9. The first-order valence-corrected chi connectivity index (χ1v) is 11.8. The van der Waals surface area contributed by atoms with Crippen molar-refractivity contribution >= 4 is 34.7 Å². The minimum atomic E-state index is -0.240. The van der Waals surface area contributed by atoms with E-state index >= 15 is 0 Å². The highest BCUT2D eigenvalue weighted by Gasteiger charge is 2.47. The zero-order valence-corrected chi connectivity index (χ0v) is 18.5. The van der Waals surface area contributed by atoms with E-state index in [0.29, 0.717) is 12.4 Å². The molecule has 1 aliphatic carbocycles. The molecule has 1 atom stereocenters. The molecule has 3 aliphatic rings. The molecule has 5 heterocycles. The van der Waals surface area contributed by atoms with Crippen LogP contribution in [0.4, 0.5) is 17.5 Å². The maximum absolute atomic E-state index is 13.1. The molecular weight excluding hydrogens is 426 g/mol. The van der Waals surface area contributed by atoms with Crippen LogP contribution in [0, 0.1) is 5.41 Å². The van der Waals surface area contributed by atoms with Gasteiger partial charge in [0.25, 0.3) is 5.91 Å². The summed E-state index contributed by atoms with van der Waals surface area (Å²) in [6.45, 7) is 3.07. The second kappa shape index (κ2) is 7.24. The van der Waals surface area contributed by atoms with E-state index in [1.54, 1.807) is 28.6 Å². The number of aromatic nitrogens is 5. The first-order chi connectivity index (χ1) is 15.6. The van der Waals surface area contributed by atoms with E-state index in [0.717, 1.165) is 51.1 Å². The number of nitrogens with zero attached hydrogens (tertiary/aromatic N) is 7. The SMILES string of the molecule is Nc1nc(N2CCC3(CC2)Cc2ncsc2[C@H]3N)cnc1C(=O)N1CCCn2nccc21. The fourth-order valence-electron chi connectivity index (χ4n) is 5.32. The molecule has 4 N–H and O–H groups in total. The summed E-state index contributed by atoms with van der Waals surface area (Å²) in [5.74, 6) is 1.39. The highest BCUT2D eigenvalue weighted by atomic mass is 32.1. The minimum absolute atomic E-state index is 0.0567. The van der Waals surface area contributed by atoms with Gasteiger partial charge in [-0.15, -0.1) is 11.3 Å². The molecule has 1 saturated heterocycles. The lowest BCUT2D eigenvalue weighted by molar-refractivity contribution is 0.0977. The first kappa shape index (κ1) is 19.6. The Morgan fingerprint density at radius 2 is 2.03 bits per heavy atom. The number of piperidine rings is 1. The van der Waals surface area contributed by atoms with Crippen LogP contribution in [-0.4, -0.2) is 50.3 Å². The van der Waals surface area contributed by atoms with Crippen molar-refractivity contribution in [1.82, 2.24) is 24.7 Å². The molecule has 0 aromatic carbocycles. The summed E-state index contributed by atoms with van der Waals surface area (Å²) in [4.78, 5) is 31.7. The van der Waals surface area contributed by atoms with Gasteiger partial charge in [0.2, 0.25) is 0 Å². The summed E-state index contributed by atoms with van der Waals surface area (Å²) in [6, 6.07) is 1.89. The van der Waals surface area contributed by atoms with Gasteiger partial charge in [0, 0.05) is 43.2 Å². The Hall–Kier alpha value is -3.05. The Balaban J connectivity index is 1.18. The molecule has 10 nitrogen and oxygen atoms in total. The van der Waals surface area contributed by atoms with Crippen LogP contribution in [0.5, 0.6) is 0 Å². The highest BCUT2D eigenvalue weighted by Crippen LogP contribution is 2.51. The van der Waals surface area contributed by atoms with Crippen molar-refractivity contribution in [2.45, 2.75) is 38.3 Å². The molecule has 6 rings (SSSR count). The van der Waals surface area contributed by atoms with Crippen molar-refractivity contribution in [1.29, 1.82) is 0 Å². The van der Waals surface area contributed by atoms with Gasteiger partial charge in [0.15, 0.2) is 11.5 Å². The van der Waals surface area contributed by atoms with E-state index in [2.05, 4.69) is 25.0 Å². The zero-order chi connectivity index (χ0) is 21.9. The predicted molar refractivity (Wildman–Crippen MR) is 122 cm³/mol. The summed E-state index contributed by atoms with van der Waals surface area (Å²) in [5.41, 5.74) is 16.2. The van der Waals surface area contributed by atoms with Gasteiger partial charge in [-0.05, 0) is 31.1 Å². The quantitative estimate of drug-likeness (QED) is 0.600. The van der Waals surface area contributed by atoms with E-state index in [1.165, 1.54) is 10.6 Å². The molecule has 1 spiro atoms. The lowest BCUT2D eigenvalue weighted by Gasteiger charge is -2.42. The van der Waals surface area contributed by atoms with Crippen molar-refractivity contribution in [2.24, 2.45) is 11.1 Å². The number of nitrogens with two attached hydrogens (primary N) is 2. The number of carbonyl (C=O) groups excluding carboxylic acids is 1. The smallest absolute Gasteiger partial charge is 0.281 e. The molecule has 0 unspecified atom stereocenters. The predicted octanol–water partition coefficient (Wildman–Crippen LogP) is 1.60. The van der Waals surface area contributed by atoms with E-state index < -0.39 is 0 Å². The van der Waals surface area contributed by atoms with Crippen LogP contribution in [0.25, 0.3) is 0 Å². The number of nitrogen functional groups attached to an aromatic ring is 1. The van der Waals surface area contributed by atoms with Gasteiger partial charge in [-0.25, -0.2) is 19.6 Å². The maximum Gasteiger partial charge on any atom is 0.281 e. The number of amides is 1. The number of fused-ring (bicyclic) bond motifs is 2. The Bertz CT molecular complexity index is 1180. The Kier molecular flexibility index (Phi) is 4.44. The molecule has 0 bridgehead atoms. The van der Waals surface area contributed by atoms with E-state index in [1.807, 2.05) is 16.3 Å². The van der Waals surface area contributed by atoms with E-state index in [9.17, 15) is 4.79 Å². The van der Waals surface area contributed by atoms with Crippen LogP contribution in [0.3, 0.4) is 0 Å². The van der Waals surface area contributed by atoms with Crippen molar-refractivity contribution < 1.29 is 4.79 Å². The van der Waals surface area contributed by atoms with Gasteiger partial charge in [-0.2, -0.15) is 5.10 Å². The van der Waals surface area contributed by atoms with Crippen molar-refractivity contribution in [3.8, 4) is 0 Å². The lowest BCUT2D eigenvalue weighted by atomic mass is 9.74. The fraction of sp³-hybridized carbons (Fsp3) is 0.476. The zero-order valence-electron chi connectivity index (χ0n) is 17.6. The second-order valence-electron chi connectivity index (χ2n) is 8.85. The average molecular weight is 452 g/mol. The summed E-state index contributed by atoms with van der Waals surface area (Å²) in [5, 5.41) is 4.26. The van der Waals surface area contributed by atoms with Crippen LogP contribution >= 0.6 is 11.3 Å². The molecule has 166 valence electrons. The highest BCUT2D eigenvalue weighted by molar-refractivity contribution is 7.09. The number of aryl methyl sites for hydroxylation is 1. The lowest BCUT2D eigenvalue weighted by Crippen LogP contribution is -2.44. The third-order valence-corrected chi connectivity index (χ3v) is 8.13. The molecular formula is C21H25N9OS. The topological polar surface area (TPSA) is 132 Å². The van der Waals surface area contributed by atoms with Crippen LogP contribution in [0.2, 0.25) is 0 Å². The minimum Gasteiger partial charge on any atom is -0.382 e. The van der Waals surface area contributed by atoms with Crippen LogP contribution in [0.1, 0.15) is 46.4 Å². The van der Waals surface area contributed by atoms with Crippen molar-refractivity contribution in [3.63, 3.8) is 0 Å². The third kappa shape index (κ3) is 2.91. The third-order valence-electron chi connectivity index (χ3n) is 7.17. The standard InChI is InChI=1S/C21H25N9OS/c22-18-17-13(25-12-32-17)10-21(18)3-8-28(9-4-21)14-11-24-16(19(23)27-14)20(31)29-6-1-7-30-15(29)2-5-26-30/h2,5,11-12,18H,1,3-4,6-10,22H2,(H2,23,27)/t18-/m1/s1. The van der Waals surface area contributed by atoms with Gasteiger partial charge < -0.3 is 16.4 Å². The number of anilines is 3. The summed E-state index contributed by atoms with van der Waals surface area (Å²) < 4.78 is 1.82. The molecule has 0 saturated carbocycles. The Morgan fingerprint density at radius 1 is 1.19 bits per heavy atom. The molecule has 2 aliphatic heterocycles. The first-order valence-electron chi connectivity index (χ1n) is 10.9. The average Bonchev–Trinajstić information content (AvgIpc) is 3.52. The summed E-state index contributed by atoms with van der Waals surface area (Å²) in [6.07, 6.45) is 7.10. The number of hydrogen-bond donors (Lipinski definition) is 2. The normalized spacial score (nSPS) is 21.6. The van der Waals surface area contributed by atoms with Gasteiger partial charge in [0.05, 0.1) is 23.6 Å². The van der Waals surface area contributed by atoms with E-state index in [-0.39, 0.29) is 28.9 Å². The second-order valence-corrected chi connectivity index (χ2v) is 9.74. The molecule has 1 amide bonds. The molecule has 0 radical (unpaired) electrons. The van der Waals surface area contributed by atoms with Crippen LogP contribution < -0.4 is 21.3 Å². The Labute approximate surface area is 189 Å². The molecule has 3 aromatic rings. The van der Waals surface area contributed by atoms with Gasteiger partial charge in [0.1, 0.15) is 11.6 Å². The van der Waals surface area contributed by atoms with Gasteiger partial charge >= 0.3 is 0 Å². The summed E-state index contributed by atoms with van der Waals surface area (Å²) in [7, 11) is 0. The van der Waals surface area contributed by atoms with Crippen LogP contribution in [0.15, 0.2) is 24.0 Å². The number of thiazole rings is 1. The van der Waals surface area contributed by atoms with Crippen LogP contribution in [-0.2, 0) is 13.0 Å². The van der Waals surface area contributed by atoms with Gasteiger partial charge in [-0.1, -0.05) is 0 Å². The number of carbonyl (C=O) groups is 1. The molecule has 32 heavy (non-hydrogen) atoms. The molecule has 3 aromatic heterocycles. The monoisotopic (exact) mass is 451 g/mol. The Morgan fingerprint density at radius 3 is 2.81 bits per heavy atom. The van der Waals surface area contributed by atoms with E-state index in [4.69, 9.17) is 11.5 Å². The summed E-state index contributed by atoms with van der Waals surface area (Å²) >= 11 is 1.67. The van der Waals surface area contributed by atoms with Crippen molar-refractivity contribution in [2.75, 3.05) is 35.2 Å².